The van der Waals surface area contributed by atoms with Crippen molar-refractivity contribution in [2.75, 3.05) is 0 Å². The molecule has 0 fully saturated rings. The van der Waals surface area contributed by atoms with E-state index in [4.69, 9.17) is 5.11 Å². The number of benzene rings is 1. The summed E-state index contributed by atoms with van der Waals surface area (Å²) >= 11 is 0. The largest absolute Gasteiger partial charge is 0.508 e. The lowest BCUT2D eigenvalue weighted by atomic mass is 9.87. The van der Waals surface area contributed by atoms with Crippen molar-refractivity contribution < 1.29 is 10.6 Å². The van der Waals surface area contributed by atoms with Crippen molar-refractivity contribution in [1.29, 1.82) is 0 Å². The lowest BCUT2D eigenvalue weighted by Crippen LogP contribution is -2.10. The van der Waals surface area contributed by atoms with Crippen molar-refractivity contribution in [3.8, 4) is 5.75 Å². The molecule has 0 amide bonds. The molecule has 0 aliphatic rings. The highest BCUT2D eigenvalue weighted by molar-refractivity contribution is 5.29. The third-order valence-electron chi connectivity index (χ3n) is 1.73. The van der Waals surface area contributed by atoms with Gasteiger partial charge in [-0.25, -0.2) is 0 Å². The van der Waals surface area contributed by atoms with Gasteiger partial charge in [0.15, 0.2) is 0 Å². The van der Waals surface area contributed by atoms with E-state index in [9.17, 15) is 0 Å². The van der Waals surface area contributed by atoms with Gasteiger partial charge in [0, 0.05) is 0 Å². The summed E-state index contributed by atoms with van der Waals surface area (Å²) in [4.78, 5) is 0. The maximum atomic E-state index is 9.02. The van der Waals surface area contributed by atoms with Gasteiger partial charge in [-0.15, -0.1) is 0 Å². The van der Waals surface area contributed by atoms with Crippen LogP contribution >= 0.6 is 0 Å². The average molecular weight is 168 g/mol. The lowest BCUT2D eigenvalue weighted by molar-refractivity contribution is 0.474. The van der Waals surface area contributed by atoms with Crippen molar-refractivity contribution in [2.45, 2.75) is 26.2 Å². The van der Waals surface area contributed by atoms with Gasteiger partial charge in [-0.3, -0.25) is 0 Å². The standard InChI is InChI=1S/C10H14O.H2O/c1-10(2,3)8-4-6-9(11)7-5-8;/h4-7,11H,1-3H3;1H2. The van der Waals surface area contributed by atoms with Crippen molar-refractivity contribution in [2.24, 2.45) is 0 Å². The number of aromatic hydroxyl groups is 1. The van der Waals surface area contributed by atoms with E-state index in [0.29, 0.717) is 5.75 Å². The summed E-state index contributed by atoms with van der Waals surface area (Å²) < 4.78 is 0. The molecule has 0 aliphatic carbocycles. The van der Waals surface area contributed by atoms with Crippen LogP contribution in [0.2, 0.25) is 0 Å². The van der Waals surface area contributed by atoms with Crippen LogP contribution in [0.1, 0.15) is 26.3 Å². The number of rotatable bonds is 0. The number of phenols is 1. The molecule has 1 aromatic carbocycles. The first-order valence-corrected chi connectivity index (χ1v) is 3.79. The third-order valence-corrected chi connectivity index (χ3v) is 1.73. The molecule has 0 atom stereocenters. The molecular weight excluding hydrogens is 152 g/mol. The number of hydrogen-bond acceptors (Lipinski definition) is 1. The van der Waals surface area contributed by atoms with Crippen LogP contribution in [-0.4, -0.2) is 10.6 Å². The molecule has 68 valence electrons. The smallest absolute Gasteiger partial charge is 0.115 e. The molecule has 1 rings (SSSR count). The molecular formula is C10H16O2. The summed E-state index contributed by atoms with van der Waals surface area (Å²) in [5.41, 5.74) is 1.42. The fourth-order valence-electron chi connectivity index (χ4n) is 0.961. The minimum absolute atomic E-state index is 0. The van der Waals surface area contributed by atoms with Gasteiger partial charge in [-0.05, 0) is 23.1 Å². The fraction of sp³-hybridized carbons (Fsp3) is 0.400. The summed E-state index contributed by atoms with van der Waals surface area (Å²) in [6.07, 6.45) is 0. The second-order valence-electron chi connectivity index (χ2n) is 3.80. The molecule has 0 aliphatic heterocycles. The Bertz CT molecular complexity index is 231. The van der Waals surface area contributed by atoms with E-state index in [1.54, 1.807) is 12.1 Å². The molecule has 12 heavy (non-hydrogen) atoms. The van der Waals surface area contributed by atoms with Crippen LogP contribution in [0.25, 0.3) is 0 Å². The third kappa shape index (κ3) is 2.55. The van der Waals surface area contributed by atoms with Gasteiger partial charge >= 0.3 is 0 Å². The number of hydrogen-bond donors (Lipinski definition) is 1. The second-order valence-corrected chi connectivity index (χ2v) is 3.80. The van der Waals surface area contributed by atoms with Crippen LogP contribution in [-0.2, 0) is 5.41 Å². The predicted molar refractivity (Wildman–Crippen MR) is 50.4 cm³/mol. The van der Waals surface area contributed by atoms with Crippen molar-refractivity contribution >= 4 is 0 Å². The maximum Gasteiger partial charge on any atom is 0.115 e. The molecule has 0 aromatic heterocycles. The van der Waals surface area contributed by atoms with Gasteiger partial charge in [0.2, 0.25) is 0 Å². The molecule has 0 spiro atoms. The Morgan fingerprint density at radius 2 is 1.42 bits per heavy atom. The second kappa shape index (κ2) is 3.59. The zero-order chi connectivity index (χ0) is 8.48. The molecule has 2 nitrogen and oxygen atoms in total. The molecule has 0 heterocycles. The molecule has 3 N–H and O–H groups in total. The SMILES string of the molecule is CC(C)(C)c1ccc(O)cc1.O. The van der Waals surface area contributed by atoms with E-state index in [-0.39, 0.29) is 10.9 Å². The minimum atomic E-state index is 0. The van der Waals surface area contributed by atoms with Gasteiger partial charge in [-0.2, -0.15) is 0 Å². The van der Waals surface area contributed by atoms with Crippen molar-refractivity contribution in [3.63, 3.8) is 0 Å². The van der Waals surface area contributed by atoms with Crippen LogP contribution in [0, 0.1) is 0 Å². The Balaban J connectivity index is 0.00000121. The van der Waals surface area contributed by atoms with Crippen molar-refractivity contribution in [3.05, 3.63) is 29.8 Å². The highest BCUT2D eigenvalue weighted by Crippen LogP contribution is 2.23. The molecule has 0 radical (unpaired) electrons. The van der Waals surface area contributed by atoms with E-state index in [2.05, 4.69) is 20.8 Å². The zero-order valence-corrected chi connectivity index (χ0v) is 7.76. The first-order valence-electron chi connectivity index (χ1n) is 3.79. The van der Waals surface area contributed by atoms with Crippen LogP contribution in [0.3, 0.4) is 0 Å². The summed E-state index contributed by atoms with van der Waals surface area (Å²) in [5.74, 6) is 0.331. The van der Waals surface area contributed by atoms with Gasteiger partial charge < -0.3 is 10.6 Å². The van der Waals surface area contributed by atoms with Gasteiger partial charge in [0.25, 0.3) is 0 Å². The van der Waals surface area contributed by atoms with Crippen LogP contribution in [0.5, 0.6) is 5.75 Å². The fourth-order valence-corrected chi connectivity index (χ4v) is 0.961. The van der Waals surface area contributed by atoms with Gasteiger partial charge in [0.1, 0.15) is 5.75 Å². The quantitative estimate of drug-likeness (QED) is 0.631. The normalized spacial score (nSPS) is 10.6. The Hall–Kier alpha value is -1.02. The van der Waals surface area contributed by atoms with Gasteiger partial charge in [-0.1, -0.05) is 32.9 Å². The van der Waals surface area contributed by atoms with E-state index in [1.165, 1.54) is 5.56 Å². The van der Waals surface area contributed by atoms with E-state index in [1.807, 2.05) is 12.1 Å². The first kappa shape index (κ1) is 11.0. The highest BCUT2D eigenvalue weighted by atomic mass is 16.3. The Morgan fingerprint density at radius 1 is 1.00 bits per heavy atom. The van der Waals surface area contributed by atoms with Crippen LogP contribution in [0.4, 0.5) is 0 Å². The minimum Gasteiger partial charge on any atom is -0.508 e. The van der Waals surface area contributed by atoms with Crippen LogP contribution in [0.15, 0.2) is 24.3 Å². The Kier molecular flexibility index (Phi) is 3.28. The van der Waals surface area contributed by atoms with Gasteiger partial charge in [0.05, 0.1) is 0 Å². The highest BCUT2D eigenvalue weighted by Gasteiger charge is 2.12. The van der Waals surface area contributed by atoms with E-state index < -0.39 is 0 Å². The molecule has 0 saturated heterocycles. The summed E-state index contributed by atoms with van der Waals surface area (Å²) in [6.45, 7) is 6.46. The number of phenolic OH excluding ortho intramolecular Hbond substituents is 1. The molecule has 0 bridgehead atoms. The molecule has 0 saturated carbocycles. The lowest BCUT2D eigenvalue weighted by Gasteiger charge is -2.18. The predicted octanol–water partition coefficient (Wildman–Crippen LogP) is 1.87. The van der Waals surface area contributed by atoms with Crippen molar-refractivity contribution in [1.82, 2.24) is 0 Å². The summed E-state index contributed by atoms with van der Waals surface area (Å²) in [5, 5.41) is 9.02. The molecule has 0 unspecified atom stereocenters. The van der Waals surface area contributed by atoms with E-state index >= 15 is 0 Å². The summed E-state index contributed by atoms with van der Waals surface area (Å²) in [7, 11) is 0. The van der Waals surface area contributed by atoms with E-state index in [0.717, 1.165) is 0 Å². The maximum absolute atomic E-state index is 9.02. The Labute approximate surface area is 73.2 Å². The molecule has 1 aromatic rings. The van der Waals surface area contributed by atoms with Crippen LogP contribution < -0.4 is 0 Å². The Morgan fingerprint density at radius 3 is 1.75 bits per heavy atom. The summed E-state index contributed by atoms with van der Waals surface area (Å²) in [6, 6.07) is 7.35. The monoisotopic (exact) mass is 168 g/mol. The topological polar surface area (TPSA) is 51.7 Å². The average Bonchev–Trinajstić information content (AvgIpc) is 1.86. The molecule has 2 heteroatoms. The zero-order valence-electron chi connectivity index (χ0n) is 7.76. The first-order chi connectivity index (χ1) is 5.00.